The molecule has 1 atom stereocenters. The number of ether oxygens (including phenoxy) is 2. The molecule has 1 heterocycles. The van der Waals surface area contributed by atoms with Gasteiger partial charge in [0, 0.05) is 48.6 Å². The molecule has 1 aromatic rings. The lowest BCUT2D eigenvalue weighted by Gasteiger charge is -2.23. The smallest absolute Gasteiger partial charge is 0.349 e. The summed E-state index contributed by atoms with van der Waals surface area (Å²) in [5.74, 6) is -1.48. The van der Waals surface area contributed by atoms with E-state index < -0.39 is 11.9 Å². The van der Waals surface area contributed by atoms with Crippen LogP contribution in [0.2, 0.25) is 0 Å². The Morgan fingerprint density at radius 1 is 1.37 bits per heavy atom. The van der Waals surface area contributed by atoms with Crippen molar-refractivity contribution in [2.75, 3.05) is 37.7 Å². The molecule has 0 amide bonds. The van der Waals surface area contributed by atoms with Gasteiger partial charge in [-0.1, -0.05) is 6.58 Å². The number of carbonyl (C=O) groups is 2. The van der Waals surface area contributed by atoms with Gasteiger partial charge in [-0.2, -0.15) is 5.26 Å². The highest BCUT2D eigenvalue weighted by Crippen LogP contribution is 2.27. The summed E-state index contributed by atoms with van der Waals surface area (Å²) in [6.45, 7) is 9.38. The molecule has 30 heavy (non-hydrogen) atoms. The minimum Gasteiger partial charge on any atom is -0.507 e. The average Bonchev–Trinajstić information content (AvgIpc) is 3.55. The van der Waals surface area contributed by atoms with Crippen molar-refractivity contribution in [3.8, 4) is 11.8 Å². The van der Waals surface area contributed by atoms with E-state index in [0.717, 1.165) is 31.7 Å². The van der Waals surface area contributed by atoms with Gasteiger partial charge in [0.05, 0.1) is 0 Å². The van der Waals surface area contributed by atoms with Crippen LogP contribution in [0.5, 0.6) is 5.75 Å². The third kappa shape index (κ3) is 6.94. The molecule has 1 aliphatic heterocycles. The third-order valence-corrected chi connectivity index (χ3v) is 4.54. The van der Waals surface area contributed by atoms with Crippen molar-refractivity contribution in [3.63, 3.8) is 0 Å². The summed E-state index contributed by atoms with van der Waals surface area (Å²) in [6, 6.07) is 7.46. The number of phenols is 1. The quantitative estimate of drug-likeness (QED) is 0.186. The van der Waals surface area contributed by atoms with Crippen molar-refractivity contribution in [1.82, 2.24) is 5.32 Å². The van der Waals surface area contributed by atoms with Gasteiger partial charge >= 0.3 is 11.9 Å². The summed E-state index contributed by atoms with van der Waals surface area (Å²) in [5, 5.41) is 22.9. The minimum absolute atomic E-state index is 0.0357. The van der Waals surface area contributed by atoms with Gasteiger partial charge in [-0.15, -0.1) is 0 Å². The van der Waals surface area contributed by atoms with Crippen molar-refractivity contribution in [1.29, 1.82) is 5.26 Å². The van der Waals surface area contributed by atoms with Crippen molar-refractivity contribution >= 4 is 23.7 Å². The fourth-order valence-electron chi connectivity index (χ4n) is 2.68. The number of esters is 2. The number of benzene rings is 1. The molecule has 1 aliphatic rings. The van der Waals surface area contributed by atoms with Gasteiger partial charge in [0.2, 0.25) is 0 Å². The zero-order chi connectivity index (χ0) is 22.1. The number of rotatable bonds is 11. The topological polar surface area (TPSA) is 122 Å². The molecule has 2 rings (SSSR count). The highest BCUT2D eigenvalue weighted by atomic mass is 16.6. The normalized spacial score (nSPS) is 15.1. The van der Waals surface area contributed by atoms with Crippen LogP contribution in [0.25, 0.3) is 6.08 Å². The highest BCUT2D eigenvalue weighted by Gasteiger charge is 2.20. The first-order valence-electron chi connectivity index (χ1n) is 9.78. The van der Waals surface area contributed by atoms with Gasteiger partial charge < -0.3 is 24.8 Å². The van der Waals surface area contributed by atoms with Crippen molar-refractivity contribution in [3.05, 3.63) is 41.5 Å². The summed E-state index contributed by atoms with van der Waals surface area (Å²) in [5.41, 5.74) is 1.18. The second-order valence-corrected chi connectivity index (χ2v) is 6.94. The molecule has 0 saturated carbocycles. The van der Waals surface area contributed by atoms with E-state index in [1.807, 2.05) is 13.0 Å². The Hall–Kier alpha value is -3.31. The van der Waals surface area contributed by atoms with Crippen LogP contribution in [-0.2, 0) is 19.1 Å². The first-order valence-corrected chi connectivity index (χ1v) is 9.78. The van der Waals surface area contributed by atoms with E-state index in [1.54, 1.807) is 18.2 Å². The zero-order valence-corrected chi connectivity index (χ0v) is 17.3. The number of hydrogen-bond donors (Lipinski definition) is 2. The van der Waals surface area contributed by atoms with E-state index in [4.69, 9.17) is 9.47 Å². The van der Waals surface area contributed by atoms with Gasteiger partial charge in [0.25, 0.3) is 0 Å². The fourth-order valence-corrected chi connectivity index (χ4v) is 2.68. The Bertz CT molecular complexity index is 868. The summed E-state index contributed by atoms with van der Waals surface area (Å²) in [7, 11) is 0. The molecule has 0 spiro atoms. The Labute approximate surface area is 176 Å². The molecule has 8 heteroatoms. The number of aromatic hydroxyl groups is 1. The predicted octanol–water partition coefficient (Wildman–Crippen LogP) is 2.15. The van der Waals surface area contributed by atoms with E-state index in [1.165, 1.54) is 13.0 Å². The molecule has 2 N–H and O–H groups in total. The van der Waals surface area contributed by atoms with E-state index in [9.17, 15) is 20.0 Å². The van der Waals surface area contributed by atoms with Crippen LogP contribution >= 0.6 is 0 Å². The largest absolute Gasteiger partial charge is 0.507 e. The first kappa shape index (κ1) is 23.0. The summed E-state index contributed by atoms with van der Waals surface area (Å²) in [4.78, 5) is 25.5. The zero-order valence-electron chi connectivity index (χ0n) is 17.3. The standard InChI is InChI=1S/C22H27N3O5/c1-4-25(8-7-18-14-24-18)19-6-5-16(20(26)12-19)11-17(13-23)22(28)30-10-9-29-21(27)15(2)3/h5-6,11-12,18,24,26H,2,4,7-10,14H2,1,3H3/b17-11+/t18-/m0/s1. The molecule has 0 unspecified atom stereocenters. The number of anilines is 1. The number of nitrogens with zero attached hydrogens (tertiary/aromatic N) is 2. The second-order valence-electron chi connectivity index (χ2n) is 6.94. The van der Waals surface area contributed by atoms with Gasteiger partial charge in [0.1, 0.15) is 30.6 Å². The SMILES string of the molecule is C=C(C)C(=O)OCCOC(=O)/C(C#N)=C/c1ccc(N(CC)CC[C@H]2CN2)cc1O. The van der Waals surface area contributed by atoms with Crippen molar-refractivity contribution < 1.29 is 24.2 Å². The minimum atomic E-state index is -0.862. The molecule has 0 bridgehead atoms. The highest BCUT2D eigenvalue weighted by molar-refractivity contribution is 5.98. The van der Waals surface area contributed by atoms with Crippen LogP contribution in [-0.4, -0.2) is 55.9 Å². The van der Waals surface area contributed by atoms with E-state index in [2.05, 4.69) is 16.8 Å². The molecular weight excluding hydrogens is 386 g/mol. The van der Waals surface area contributed by atoms with Crippen LogP contribution in [0.3, 0.4) is 0 Å². The van der Waals surface area contributed by atoms with Crippen LogP contribution < -0.4 is 10.2 Å². The molecule has 160 valence electrons. The molecule has 0 aromatic heterocycles. The van der Waals surface area contributed by atoms with Crippen LogP contribution in [0, 0.1) is 11.3 Å². The van der Waals surface area contributed by atoms with Crippen LogP contribution in [0.4, 0.5) is 5.69 Å². The van der Waals surface area contributed by atoms with E-state index >= 15 is 0 Å². The van der Waals surface area contributed by atoms with Gasteiger partial charge in [-0.3, -0.25) is 0 Å². The van der Waals surface area contributed by atoms with E-state index in [-0.39, 0.29) is 30.1 Å². The molecule has 8 nitrogen and oxygen atoms in total. The molecular formula is C22H27N3O5. The Morgan fingerprint density at radius 2 is 2.03 bits per heavy atom. The number of nitriles is 1. The Morgan fingerprint density at radius 3 is 2.57 bits per heavy atom. The summed E-state index contributed by atoms with van der Waals surface area (Å²) in [6.07, 6.45) is 2.30. The first-order chi connectivity index (χ1) is 14.3. The lowest BCUT2D eigenvalue weighted by atomic mass is 10.1. The monoisotopic (exact) mass is 413 g/mol. The number of nitrogens with one attached hydrogen (secondary N) is 1. The number of carbonyl (C=O) groups excluding carboxylic acids is 2. The summed E-state index contributed by atoms with van der Waals surface area (Å²) >= 11 is 0. The lowest BCUT2D eigenvalue weighted by molar-refractivity contribution is -0.147. The van der Waals surface area contributed by atoms with E-state index in [0.29, 0.717) is 11.6 Å². The Kier molecular flexibility index (Phi) is 8.44. The second kappa shape index (κ2) is 11.0. The van der Waals surface area contributed by atoms with Gasteiger partial charge in [-0.05, 0) is 38.5 Å². The van der Waals surface area contributed by atoms with Gasteiger partial charge in [0.15, 0.2) is 0 Å². The predicted molar refractivity (Wildman–Crippen MR) is 113 cm³/mol. The maximum atomic E-state index is 12.1. The van der Waals surface area contributed by atoms with Gasteiger partial charge in [-0.25, -0.2) is 9.59 Å². The van der Waals surface area contributed by atoms with Crippen molar-refractivity contribution in [2.24, 2.45) is 0 Å². The number of phenolic OH excluding ortho intramolecular Hbond substituents is 1. The maximum Gasteiger partial charge on any atom is 0.349 e. The van der Waals surface area contributed by atoms with Crippen molar-refractivity contribution in [2.45, 2.75) is 26.3 Å². The average molecular weight is 413 g/mol. The molecule has 0 radical (unpaired) electrons. The Balaban J connectivity index is 1.98. The molecule has 1 saturated heterocycles. The molecule has 1 fully saturated rings. The number of hydrogen-bond acceptors (Lipinski definition) is 8. The molecule has 1 aromatic carbocycles. The van der Waals surface area contributed by atoms with Crippen LogP contribution in [0.1, 0.15) is 25.8 Å². The summed E-state index contributed by atoms with van der Waals surface area (Å²) < 4.78 is 9.77. The lowest BCUT2D eigenvalue weighted by Crippen LogP contribution is -2.25. The fraction of sp³-hybridized carbons (Fsp3) is 0.409. The maximum absolute atomic E-state index is 12.1. The molecule has 0 aliphatic carbocycles. The third-order valence-electron chi connectivity index (χ3n) is 4.54. The van der Waals surface area contributed by atoms with Crippen LogP contribution in [0.15, 0.2) is 35.9 Å².